The summed E-state index contributed by atoms with van der Waals surface area (Å²) in [5.74, 6) is -2.25. The minimum atomic E-state index is -4.80. The average Bonchev–Trinajstić information content (AvgIpc) is 3.04. The van der Waals surface area contributed by atoms with Crippen molar-refractivity contribution in [1.29, 1.82) is 0 Å². The van der Waals surface area contributed by atoms with Crippen LogP contribution in [-0.2, 0) is 21.3 Å². The van der Waals surface area contributed by atoms with E-state index >= 15 is 0 Å². The third kappa shape index (κ3) is 9.18. The van der Waals surface area contributed by atoms with Gasteiger partial charge in [-0.05, 0) is 55.0 Å². The molecule has 0 unspecified atom stereocenters. The molecule has 4 N–H and O–H groups in total. The van der Waals surface area contributed by atoms with Gasteiger partial charge in [-0.2, -0.15) is 21.6 Å². The molecule has 17 heteroatoms. The molecule has 2 fully saturated rings. The lowest BCUT2D eigenvalue weighted by atomic mass is 9.80. The predicted molar refractivity (Wildman–Crippen MR) is 169 cm³/mol. The van der Waals surface area contributed by atoms with Crippen LogP contribution in [-0.4, -0.2) is 97.1 Å². The van der Waals surface area contributed by atoms with Crippen LogP contribution in [0.25, 0.3) is 0 Å². The van der Waals surface area contributed by atoms with E-state index in [-0.39, 0.29) is 36.7 Å². The lowest BCUT2D eigenvalue weighted by Gasteiger charge is -2.33. The minimum absolute atomic E-state index is 0.0326. The van der Waals surface area contributed by atoms with Crippen LogP contribution >= 0.6 is 11.8 Å². The van der Waals surface area contributed by atoms with Gasteiger partial charge in [-0.15, -0.1) is 11.8 Å². The van der Waals surface area contributed by atoms with Crippen LogP contribution in [0.4, 0.5) is 28.4 Å². The number of hydrogen-bond acceptors (Lipinski definition) is 7. The number of carbonyl (C=O) groups is 4. The number of hydrogen-bond donors (Lipinski definition) is 4. The molecule has 0 spiro atoms. The van der Waals surface area contributed by atoms with E-state index in [0.29, 0.717) is 30.5 Å². The number of anilines is 1. The van der Waals surface area contributed by atoms with Gasteiger partial charge in [0.1, 0.15) is 0 Å². The highest BCUT2D eigenvalue weighted by atomic mass is 32.2. The molecule has 1 saturated carbocycles. The molecule has 4 rings (SSSR count). The predicted octanol–water partition coefficient (Wildman–Crippen LogP) is 3.76. The van der Waals surface area contributed by atoms with Gasteiger partial charge >= 0.3 is 18.3 Å². The van der Waals surface area contributed by atoms with Crippen LogP contribution < -0.4 is 16.0 Å². The molecule has 1 saturated heterocycles. The lowest BCUT2D eigenvalue weighted by molar-refractivity contribution is -0.137. The van der Waals surface area contributed by atoms with Crippen LogP contribution in [0, 0.1) is 5.92 Å². The first-order chi connectivity index (χ1) is 22.3. The number of nitrogens with zero attached hydrogens (tertiary/aromatic N) is 2. The van der Waals surface area contributed by atoms with E-state index in [9.17, 15) is 40.8 Å². The molecule has 12 nitrogen and oxygen atoms in total. The van der Waals surface area contributed by atoms with Gasteiger partial charge < -0.3 is 30.9 Å². The molecule has 2 aromatic carbocycles. The molecule has 0 radical (unpaired) electrons. The maximum absolute atomic E-state index is 13.5. The molecule has 1 aliphatic heterocycles. The van der Waals surface area contributed by atoms with Crippen LogP contribution in [0.2, 0.25) is 0 Å². The first-order valence-corrected chi connectivity index (χ1v) is 17.0. The second kappa shape index (κ2) is 15.6. The molecular weight excluding hydrogens is 663 g/mol. The molecular formula is C30H34F3N5O7S2. The number of rotatable bonds is 8. The van der Waals surface area contributed by atoms with Gasteiger partial charge in [0.15, 0.2) is 0 Å². The smallest absolute Gasteiger partial charge is 0.416 e. The largest absolute Gasteiger partial charge is 0.465 e. The van der Waals surface area contributed by atoms with Gasteiger partial charge in [0.2, 0.25) is 16.2 Å². The van der Waals surface area contributed by atoms with E-state index < -0.39 is 70.0 Å². The average molecular weight is 698 g/mol. The fraction of sp³-hybridized carbons (Fsp3) is 0.433. The van der Waals surface area contributed by atoms with Crippen molar-refractivity contribution in [2.75, 3.05) is 44.3 Å². The summed E-state index contributed by atoms with van der Waals surface area (Å²) in [6.07, 6.45) is -1.58. The van der Waals surface area contributed by atoms with Crippen molar-refractivity contribution in [3.05, 3.63) is 59.2 Å². The van der Waals surface area contributed by atoms with E-state index in [2.05, 4.69) is 16.0 Å². The van der Waals surface area contributed by atoms with Crippen LogP contribution in [0.1, 0.15) is 47.2 Å². The van der Waals surface area contributed by atoms with Crippen LogP contribution in [0.5, 0.6) is 0 Å². The first kappa shape index (κ1) is 35.6. The minimum Gasteiger partial charge on any atom is -0.465 e. The second-order valence-electron chi connectivity index (χ2n) is 11.0. The third-order valence-corrected chi connectivity index (χ3v) is 9.72. The summed E-state index contributed by atoms with van der Waals surface area (Å²) in [5.41, 5.74) is -1.41. The first-order valence-electron chi connectivity index (χ1n) is 14.7. The summed E-state index contributed by atoms with van der Waals surface area (Å²) in [4.78, 5) is 53.6. The third-order valence-electron chi connectivity index (χ3n) is 8.08. The topological polar surface area (TPSA) is 165 Å². The second-order valence-corrected chi connectivity index (χ2v) is 12.8. The Morgan fingerprint density at radius 2 is 1.60 bits per heavy atom. The molecule has 1 heterocycles. The Bertz CT molecular complexity index is 1640. The Hall–Kier alpha value is -4.25. The summed E-state index contributed by atoms with van der Waals surface area (Å²) in [5, 5.41) is 16.6. The number of halogens is 3. The molecule has 2 atom stereocenters. The molecule has 2 aliphatic rings. The van der Waals surface area contributed by atoms with E-state index in [1.807, 2.05) is 18.4 Å². The summed E-state index contributed by atoms with van der Waals surface area (Å²) >= 11 is 1.51. The van der Waals surface area contributed by atoms with Gasteiger partial charge in [0.05, 0.1) is 28.2 Å². The fourth-order valence-corrected chi connectivity index (χ4v) is 6.90. The molecule has 0 bridgehead atoms. The zero-order valence-electron chi connectivity index (χ0n) is 25.3. The highest BCUT2D eigenvalue weighted by Crippen LogP contribution is 2.32. The Morgan fingerprint density at radius 3 is 2.19 bits per heavy atom. The molecule has 5 amide bonds. The number of nitrogens with one attached hydrogen (secondary N) is 3. The monoisotopic (exact) mass is 697 g/mol. The zero-order chi connectivity index (χ0) is 34.3. The van der Waals surface area contributed by atoms with Crippen molar-refractivity contribution in [3.63, 3.8) is 0 Å². The van der Waals surface area contributed by atoms with Gasteiger partial charge in [-0.25, -0.2) is 9.59 Å². The van der Waals surface area contributed by atoms with Crippen molar-refractivity contribution in [2.24, 2.45) is 5.92 Å². The normalized spacial score (nSPS) is 18.2. The van der Waals surface area contributed by atoms with Crippen molar-refractivity contribution in [2.45, 2.75) is 42.8 Å². The zero-order valence-corrected chi connectivity index (χ0v) is 26.9. The maximum Gasteiger partial charge on any atom is 0.416 e. The van der Waals surface area contributed by atoms with Crippen molar-refractivity contribution < 1.29 is 45.9 Å². The van der Waals surface area contributed by atoms with Crippen LogP contribution in [0.3, 0.4) is 0 Å². The number of thioether (sulfide) groups is 1. The maximum atomic E-state index is 13.5. The summed E-state index contributed by atoms with van der Waals surface area (Å²) in [6.45, 7) is -0.487. The van der Waals surface area contributed by atoms with Gasteiger partial charge in [0.25, 0.3) is 5.91 Å². The SMILES string of the molecule is CSc1ccc(C([C@@H]2CCCC[C@@H]2NC(=O)CNC(=O)c2cc(C(F)(F)F)ccc2NC(=O)N2CCN(C(=O)O)CC2)=S(=O)=O)cc1. The molecule has 0 aromatic heterocycles. The van der Waals surface area contributed by atoms with E-state index in [4.69, 9.17) is 5.11 Å². The van der Waals surface area contributed by atoms with E-state index in [1.54, 1.807) is 12.1 Å². The fourth-order valence-electron chi connectivity index (χ4n) is 5.63. The lowest BCUT2D eigenvalue weighted by Crippen LogP contribution is -2.51. The van der Waals surface area contributed by atoms with Crippen LogP contribution in [0.15, 0.2) is 47.4 Å². The van der Waals surface area contributed by atoms with Crippen molar-refractivity contribution in [1.82, 2.24) is 20.4 Å². The van der Waals surface area contributed by atoms with Crippen molar-refractivity contribution in [3.8, 4) is 0 Å². The summed E-state index contributed by atoms with van der Waals surface area (Å²) < 4.78 is 65.3. The number of alkyl halides is 3. The number of piperazine rings is 1. The highest BCUT2D eigenvalue weighted by Gasteiger charge is 2.34. The number of carbonyl (C=O) groups excluding carboxylic acids is 3. The molecule has 1 aliphatic carbocycles. The Labute approximate surface area is 274 Å². The van der Waals surface area contributed by atoms with Crippen molar-refractivity contribution >= 4 is 56.5 Å². The summed E-state index contributed by atoms with van der Waals surface area (Å²) in [7, 11) is -2.57. The molecule has 254 valence electrons. The van der Waals surface area contributed by atoms with E-state index in [0.717, 1.165) is 28.7 Å². The Kier molecular flexibility index (Phi) is 11.8. The number of urea groups is 1. The van der Waals surface area contributed by atoms with Gasteiger partial charge in [0, 0.05) is 43.0 Å². The van der Waals surface area contributed by atoms with Gasteiger partial charge in [-0.3, -0.25) is 9.59 Å². The quantitative estimate of drug-likeness (QED) is 0.184. The number of carboxylic acid groups (broad SMARTS) is 1. The standard InChI is InChI=1S/C30H34F3N5O7S2/c1-46-20-9-6-18(7-10-20)26(47(44)45)21-4-2-3-5-23(21)35-25(39)17-34-27(40)22-16-19(30(31,32)33)8-11-24(22)36-28(41)37-12-14-38(15-13-37)29(42)43/h6-11,16,21,23H,2-5,12-15,17H2,1H3,(H,34,40)(H,35,39)(H,36,41)(H,42,43)/t21-,23+/m1/s1. The van der Waals surface area contributed by atoms with E-state index in [1.165, 1.54) is 16.7 Å². The number of benzene rings is 2. The molecule has 47 heavy (non-hydrogen) atoms. The van der Waals surface area contributed by atoms with Gasteiger partial charge in [-0.1, -0.05) is 25.0 Å². The number of amides is 5. The summed E-state index contributed by atoms with van der Waals surface area (Å²) in [6, 6.07) is 7.94. The Balaban J connectivity index is 1.45. The Morgan fingerprint density at radius 1 is 0.957 bits per heavy atom. The molecule has 2 aromatic rings. The highest BCUT2D eigenvalue weighted by molar-refractivity contribution is 7.98.